The van der Waals surface area contributed by atoms with E-state index >= 15 is 0 Å². The minimum atomic E-state index is -0.461. The summed E-state index contributed by atoms with van der Waals surface area (Å²) in [6.07, 6.45) is 5.10. The molecule has 0 aliphatic carbocycles. The van der Waals surface area contributed by atoms with Gasteiger partial charge in [0.05, 0.1) is 0 Å². The molecule has 0 atom stereocenters. The van der Waals surface area contributed by atoms with Crippen LogP contribution in [-0.4, -0.2) is 40.8 Å². The highest BCUT2D eigenvalue weighted by molar-refractivity contribution is 14.1. The Balaban J connectivity index is 1.63. The van der Waals surface area contributed by atoms with Gasteiger partial charge < -0.3 is 14.4 Å². The summed E-state index contributed by atoms with van der Waals surface area (Å²) in [4.78, 5) is 18.1. The molecule has 3 rings (SSSR count). The summed E-state index contributed by atoms with van der Waals surface area (Å²) in [6, 6.07) is 6.08. The maximum atomic E-state index is 12.1. The molecule has 25 heavy (non-hydrogen) atoms. The Kier molecular flexibility index (Phi) is 5.36. The lowest BCUT2D eigenvalue weighted by Crippen LogP contribution is -2.44. The van der Waals surface area contributed by atoms with Crippen molar-refractivity contribution in [1.82, 2.24) is 9.88 Å². The first-order valence-electron chi connectivity index (χ1n) is 8.50. The van der Waals surface area contributed by atoms with Crippen LogP contribution in [-0.2, 0) is 4.74 Å². The molecule has 0 radical (unpaired) electrons. The van der Waals surface area contributed by atoms with E-state index in [1.54, 1.807) is 11.1 Å². The maximum Gasteiger partial charge on any atom is 0.410 e. The molecule has 0 N–H and O–H groups in total. The smallest absolute Gasteiger partial charge is 0.410 e. The number of piperidine rings is 1. The van der Waals surface area contributed by atoms with Crippen molar-refractivity contribution in [3.63, 3.8) is 0 Å². The Bertz CT molecular complexity index is 765. The van der Waals surface area contributed by atoms with Crippen LogP contribution in [0, 0.1) is 3.57 Å². The number of hydrogen-bond acceptors (Lipinski definition) is 4. The molecule has 1 saturated heterocycles. The van der Waals surface area contributed by atoms with Crippen LogP contribution < -0.4 is 4.74 Å². The normalized spacial score (nSPS) is 16.1. The van der Waals surface area contributed by atoms with Crippen LogP contribution in [0.1, 0.15) is 33.6 Å². The van der Waals surface area contributed by atoms with Gasteiger partial charge in [0.2, 0.25) is 0 Å². The Morgan fingerprint density at radius 2 is 1.92 bits per heavy atom. The van der Waals surface area contributed by atoms with E-state index in [-0.39, 0.29) is 12.2 Å². The number of likely N-dealkylation sites (tertiary alicyclic amines) is 1. The average molecular weight is 454 g/mol. The van der Waals surface area contributed by atoms with Gasteiger partial charge in [0, 0.05) is 52.7 Å². The average Bonchev–Trinajstić information content (AvgIpc) is 2.57. The van der Waals surface area contributed by atoms with Crippen LogP contribution in [0.15, 0.2) is 30.6 Å². The fourth-order valence-corrected chi connectivity index (χ4v) is 3.54. The Morgan fingerprint density at radius 3 is 2.60 bits per heavy atom. The zero-order chi connectivity index (χ0) is 18.0. The zero-order valence-electron chi connectivity index (χ0n) is 14.8. The van der Waals surface area contributed by atoms with Gasteiger partial charge in [-0.2, -0.15) is 0 Å². The van der Waals surface area contributed by atoms with Gasteiger partial charge in [0.1, 0.15) is 17.5 Å². The van der Waals surface area contributed by atoms with Crippen LogP contribution >= 0.6 is 22.6 Å². The molecule has 0 saturated carbocycles. The summed E-state index contributed by atoms with van der Waals surface area (Å²) >= 11 is 2.32. The number of ether oxygens (including phenoxy) is 2. The second kappa shape index (κ2) is 7.35. The fourth-order valence-electron chi connectivity index (χ4n) is 2.89. The largest absolute Gasteiger partial charge is 0.490 e. The molecule has 5 nitrogen and oxygen atoms in total. The van der Waals surface area contributed by atoms with Crippen molar-refractivity contribution in [2.45, 2.75) is 45.3 Å². The molecule has 2 heterocycles. The van der Waals surface area contributed by atoms with Crippen molar-refractivity contribution < 1.29 is 14.3 Å². The van der Waals surface area contributed by atoms with Crippen molar-refractivity contribution in [3.05, 3.63) is 34.2 Å². The number of benzene rings is 1. The summed E-state index contributed by atoms with van der Waals surface area (Å²) in [5.41, 5.74) is -0.461. The highest BCUT2D eigenvalue weighted by Crippen LogP contribution is 2.30. The van der Waals surface area contributed by atoms with Crippen molar-refractivity contribution in [2.24, 2.45) is 0 Å². The predicted octanol–water partition coefficient (Wildman–Crippen LogP) is 4.62. The Morgan fingerprint density at radius 1 is 1.20 bits per heavy atom. The first-order valence-corrected chi connectivity index (χ1v) is 9.58. The molecule has 1 aromatic carbocycles. The molecule has 0 unspecified atom stereocenters. The van der Waals surface area contributed by atoms with E-state index in [1.807, 2.05) is 39.1 Å². The van der Waals surface area contributed by atoms with Gasteiger partial charge in [-0.25, -0.2) is 4.79 Å². The maximum absolute atomic E-state index is 12.1. The fraction of sp³-hybridized carbons (Fsp3) is 0.474. The topological polar surface area (TPSA) is 51.7 Å². The van der Waals surface area contributed by atoms with Gasteiger partial charge in [0.15, 0.2) is 0 Å². The third-order valence-corrected chi connectivity index (χ3v) is 5.05. The number of halogens is 1. The molecule has 1 aliphatic rings. The van der Waals surface area contributed by atoms with E-state index < -0.39 is 5.60 Å². The van der Waals surface area contributed by atoms with Gasteiger partial charge in [-0.3, -0.25) is 4.98 Å². The molecule has 6 heteroatoms. The van der Waals surface area contributed by atoms with Crippen LogP contribution in [0.3, 0.4) is 0 Å². The molecular weight excluding hydrogens is 431 g/mol. The number of hydrogen-bond donors (Lipinski definition) is 0. The second-order valence-corrected chi connectivity index (χ2v) is 8.41. The number of amides is 1. The van der Waals surface area contributed by atoms with Gasteiger partial charge in [0.25, 0.3) is 0 Å². The van der Waals surface area contributed by atoms with Crippen LogP contribution in [0.2, 0.25) is 0 Å². The number of nitrogens with zero attached hydrogens (tertiary/aromatic N) is 2. The minimum absolute atomic E-state index is 0.0992. The van der Waals surface area contributed by atoms with Crippen molar-refractivity contribution in [3.8, 4) is 5.75 Å². The molecule has 134 valence electrons. The lowest BCUT2D eigenvalue weighted by molar-refractivity contribution is 0.0128. The minimum Gasteiger partial charge on any atom is -0.490 e. The van der Waals surface area contributed by atoms with Gasteiger partial charge >= 0.3 is 6.09 Å². The van der Waals surface area contributed by atoms with E-state index in [4.69, 9.17) is 9.47 Å². The third-order valence-electron chi connectivity index (χ3n) is 4.11. The van der Waals surface area contributed by atoms with Gasteiger partial charge in [-0.1, -0.05) is 0 Å². The quantitative estimate of drug-likeness (QED) is 0.622. The van der Waals surface area contributed by atoms with Gasteiger partial charge in [-0.15, -0.1) is 0 Å². The van der Waals surface area contributed by atoms with Crippen molar-refractivity contribution >= 4 is 39.5 Å². The highest BCUT2D eigenvalue weighted by atomic mass is 127. The SMILES string of the molecule is CC(C)(C)OC(=O)N1CCC(Oc2ccc(I)c3ccncc23)CC1. The van der Waals surface area contributed by atoms with E-state index in [0.717, 1.165) is 29.4 Å². The lowest BCUT2D eigenvalue weighted by atomic mass is 10.1. The molecule has 1 amide bonds. The van der Waals surface area contributed by atoms with Crippen LogP contribution in [0.25, 0.3) is 10.8 Å². The van der Waals surface area contributed by atoms with Crippen LogP contribution in [0.5, 0.6) is 5.75 Å². The third kappa shape index (κ3) is 4.54. The number of fused-ring (bicyclic) bond motifs is 1. The Labute approximate surface area is 161 Å². The summed E-state index contributed by atoms with van der Waals surface area (Å²) in [6.45, 7) is 6.96. The zero-order valence-corrected chi connectivity index (χ0v) is 16.9. The molecular formula is C19H23IN2O3. The highest BCUT2D eigenvalue weighted by Gasteiger charge is 2.27. The molecule has 0 spiro atoms. The lowest BCUT2D eigenvalue weighted by Gasteiger charge is -2.33. The van der Waals surface area contributed by atoms with Crippen molar-refractivity contribution in [1.29, 1.82) is 0 Å². The first-order chi connectivity index (χ1) is 11.8. The number of rotatable bonds is 2. The van der Waals surface area contributed by atoms with E-state index in [0.29, 0.717) is 13.1 Å². The molecule has 1 aliphatic heterocycles. The van der Waals surface area contributed by atoms with Gasteiger partial charge in [-0.05, 0) is 61.6 Å². The van der Waals surface area contributed by atoms with Crippen molar-refractivity contribution in [2.75, 3.05) is 13.1 Å². The Hall–Kier alpha value is -1.57. The molecule has 2 aromatic rings. The van der Waals surface area contributed by atoms with Crippen LogP contribution in [0.4, 0.5) is 4.79 Å². The second-order valence-electron chi connectivity index (χ2n) is 7.25. The summed E-state index contributed by atoms with van der Waals surface area (Å²) in [5.74, 6) is 0.860. The first kappa shape index (κ1) is 18.2. The molecule has 1 fully saturated rings. The molecule has 1 aromatic heterocycles. The number of aromatic nitrogens is 1. The number of carbonyl (C=O) groups is 1. The molecule has 0 bridgehead atoms. The summed E-state index contributed by atoms with van der Waals surface area (Å²) < 4.78 is 12.9. The van der Waals surface area contributed by atoms with E-state index in [9.17, 15) is 4.79 Å². The summed E-state index contributed by atoms with van der Waals surface area (Å²) in [5, 5.41) is 2.18. The predicted molar refractivity (Wildman–Crippen MR) is 106 cm³/mol. The number of carbonyl (C=O) groups excluding carboxylic acids is 1. The van der Waals surface area contributed by atoms with E-state index in [2.05, 4.69) is 33.6 Å². The standard InChI is InChI=1S/C19H23IN2O3/c1-19(2,3)25-18(23)22-10-7-13(8-11-22)24-17-5-4-16(20)14-6-9-21-12-15(14)17/h4-6,9,12-13H,7-8,10-11H2,1-3H3. The number of pyridine rings is 1. The monoisotopic (exact) mass is 454 g/mol. The summed E-state index contributed by atoms with van der Waals surface area (Å²) in [7, 11) is 0. The van der Waals surface area contributed by atoms with E-state index in [1.165, 1.54) is 3.57 Å².